The van der Waals surface area contributed by atoms with Gasteiger partial charge >= 0.3 is 5.84 Å². The fourth-order valence-corrected chi connectivity index (χ4v) is 2.59. The largest absolute Gasteiger partial charge is 0.326 e. The number of nitrogens with zero attached hydrogens (tertiary/aromatic N) is 5. The van der Waals surface area contributed by atoms with Gasteiger partial charge in [-0.3, -0.25) is 0 Å². The Bertz CT molecular complexity index is 580. The monoisotopic (exact) mass is 244 g/mol. The molecule has 2 aliphatic rings. The SMILES string of the molecule is CC1=NN(C)c2ncnc3c2[N+]1=CC3C(C)(C)C. The Kier molecular flexibility index (Phi) is 2.12. The molecule has 5 heteroatoms. The van der Waals surface area contributed by atoms with Crippen molar-refractivity contribution in [2.24, 2.45) is 10.5 Å². The van der Waals surface area contributed by atoms with Crippen LogP contribution in [-0.4, -0.2) is 33.6 Å². The van der Waals surface area contributed by atoms with Crippen molar-refractivity contribution in [1.82, 2.24) is 9.97 Å². The van der Waals surface area contributed by atoms with E-state index < -0.39 is 0 Å². The summed E-state index contributed by atoms with van der Waals surface area (Å²) in [6.07, 6.45) is 3.85. The van der Waals surface area contributed by atoms with E-state index >= 15 is 0 Å². The van der Waals surface area contributed by atoms with Crippen LogP contribution in [0, 0.1) is 5.41 Å². The van der Waals surface area contributed by atoms with Crippen molar-refractivity contribution in [3.05, 3.63) is 12.0 Å². The van der Waals surface area contributed by atoms with Crippen molar-refractivity contribution in [3.63, 3.8) is 0 Å². The summed E-state index contributed by atoms with van der Waals surface area (Å²) in [5.74, 6) is 2.15. The summed E-state index contributed by atoms with van der Waals surface area (Å²) >= 11 is 0. The first-order valence-corrected chi connectivity index (χ1v) is 6.17. The highest BCUT2D eigenvalue weighted by Gasteiger charge is 2.43. The summed E-state index contributed by atoms with van der Waals surface area (Å²) in [6, 6.07) is 0. The molecule has 3 rings (SSSR count). The average Bonchev–Trinajstić information content (AvgIpc) is 2.66. The highest BCUT2D eigenvalue weighted by molar-refractivity contribution is 5.90. The van der Waals surface area contributed by atoms with Crippen molar-refractivity contribution in [2.75, 3.05) is 12.1 Å². The van der Waals surface area contributed by atoms with E-state index in [2.05, 4.69) is 46.6 Å². The molecular weight excluding hydrogens is 226 g/mol. The quantitative estimate of drug-likeness (QED) is 0.657. The molecule has 0 aromatic carbocycles. The number of aromatic nitrogens is 2. The van der Waals surface area contributed by atoms with Crippen LogP contribution in [0.4, 0.5) is 11.5 Å². The molecule has 0 saturated carbocycles. The molecule has 0 bridgehead atoms. The summed E-state index contributed by atoms with van der Waals surface area (Å²) in [4.78, 5) is 8.85. The van der Waals surface area contributed by atoms with Gasteiger partial charge in [-0.2, -0.15) is 9.58 Å². The lowest BCUT2D eigenvalue weighted by Crippen LogP contribution is -2.26. The van der Waals surface area contributed by atoms with Gasteiger partial charge in [-0.15, -0.1) is 0 Å². The van der Waals surface area contributed by atoms with Gasteiger partial charge < -0.3 is 0 Å². The first-order valence-electron chi connectivity index (χ1n) is 6.17. The van der Waals surface area contributed by atoms with Crippen LogP contribution in [0.25, 0.3) is 0 Å². The Labute approximate surface area is 107 Å². The predicted octanol–water partition coefficient (Wildman–Crippen LogP) is 2.12. The second-order valence-corrected chi connectivity index (χ2v) is 5.96. The molecule has 1 aromatic heterocycles. The molecule has 18 heavy (non-hydrogen) atoms. The van der Waals surface area contributed by atoms with Gasteiger partial charge in [0.2, 0.25) is 11.5 Å². The molecule has 0 aliphatic carbocycles. The van der Waals surface area contributed by atoms with Crippen molar-refractivity contribution in [3.8, 4) is 0 Å². The van der Waals surface area contributed by atoms with Gasteiger partial charge in [0.15, 0.2) is 0 Å². The number of hydrogen-bond acceptors (Lipinski definition) is 4. The summed E-state index contributed by atoms with van der Waals surface area (Å²) in [5.41, 5.74) is 2.33. The highest BCUT2D eigenvalue weighted by atomic mass is 15.5. The number of rotatable bonds is 0. The molecule has 0 radical (unpaired) electrons. The second-order valence-electron chi connectivity index (χ2n) is 5.96. The highest BCUT2D eigenvalue weighted by Crippen LogP contribution is 2.45. The minimum absolute atomic E-state index is 0.137. The summed E-state index contributed by atoms with van der Waals surface area (Å²) in [5, 5.41) is 6.31. The molecule has 2 aliphatic heterocycles. The molecule has 0 saturated heterocycles. The number of anilines is 1. The molecule has 0 fully saturated rings. The Hall–Kier alpha value is -1.78. The molecular formula is C13H18N5+. The van der Waals surface area contributed by atoms with E-state index in [0.717, 1.165) is 23.0 Å². The van der Waals surface area contributed by atoms with Gasteiger partial charge in [0.25, 0.3) is 0 Å². The summed E-state index contributed by atoms with van der Waals surface area (Å²) in [6.45, 7) is 8.71. The summed E-state index contributed by atoms with van der Waals surface area (Å²) < 4.78 is 2.13. The van der Waals surface area contributed by atoms with Crippen LogP contribution < -0.4 is 5.01 Å². The van der Waals surface area contributed by atoms with Gasteiger partial charge in [0.05, 0.1) is 24.3 Å². The van der Waals surface area contributed by atoms with Crippen LogP contribution in [0.2, 0.25) is 0 Å². The molecule has 1 atom stereocenters. The molecule has 5 nitrogen and oxygen atoms in total. The van der Waals surface area contributed by atoms with E-state index in [0.29, 0.717) is 5.92 Å². The van der Waals surface area contributed by atoms with Crippen LogP contribution in [0.15, 0.2) is 11.4 Å². The fraction of sp³-hybridized carbons (Fsp3) is 0.538. The fourth-order valence-electron chi connectivity index (χ4n) is 2.59. The van der Waals surface area contributed by atoms with Gasteiger partial charge in [-0.05, 0) is 5.41 Å². The smallest absolute Gasteiger partial charge is 0.236 e. The molecule has 1 unspecified atom stereocenters. The third-order valence-corrected chi connectivity index (χ3v) is 3.55. The normalized spacial score (nSPS) is 21.6. The first kappa shape index (κ1) is 11.3. The van der Waals surface area contributed by atoms with E-state index in [-0.39, 0.29) is 5.41 Å². The van der Waals surface area contributed by atoms with Gasteiger partial charge in [0, 0.05) is 6.92 Å². The third-order valence-electron chi connectivity index (χ3n) is 3.55. The molecule has 94 valence electrons. The van der Waals surface area contributed by atoms with E-state index in [1.807, 2.05) is 19.0 Å². The average molecular weight is 244 g/mol. The third kappa shape index (κ3) is 1.39. The van der Waals surface area contributed by atoms with Crippen molar-refractivity contribution in [2.45, 2.75) is 33.6 Å². The van der Waals surface area contributed by atoms with E-state index in [4.69, 9.17) is 0 Å². The van der Waals surface area contributed by atoms with Gasteiger partial charge in [-0.1, -0.05) is 20.8 Å². The van der Waals surface area contributed by atoms with Gasteiger partial charge in [0.1, 0.15) is 12.0 Å². The zero-order valence-electron chi connectivity index (χ0n) is 11.5. The maximum Gasteiger partial charge on any atom is 0.326 e. The molecule has 1 aromatic rings. The van der Waals surface area contributed by atoms with Crippen molar-refractivity contribution >= 4 is 23.6 Å². The lowest BCUT2D eigenvalue weighted by Gasteiger charge is -2.23. The maximum absolute atomic E-state index is 4.50. The molecule has 3 heterocycles. The minimum Gasteiger partial charge on any atom is -0.236 e. The maximum atomic E-state index is 4.50. The zero-order valence-corrected chi connectivity index (χ0v) is 11.5. The molecule has 0 N–H and O–H groups in total. The summed E-state index contributed by atoms with van der Waals surface area (Å²) in [7, 11) is 1.92. The van der Waals surface area contributed by atoms with E-state index in [9.17, 15) is 0 Å². The van der Waals surface area contributed by atoms with Crippen LogP contribution in [0.3, 0.4) is 0 Å². The standard InChI is InChI=1S/C13H18N5/c1-8-16-17(5)12-11-10(14-7-15-12)9(6-18(8)11)13(2,3)4/h6-7,9H,1-5H3/q+1. The zero-order chi connectivity index (χ0) is 13.1. The second kappa shape index (κ2) is 3.37. The first-order chi connectivity index (χ1) is 8.39. The lowest BCUT2D eigenvalue weighted by molar-refractivity contribution is -0.300. The number of hydrazone groups is 1. The van der Waals surface area contributed by atoms with Crippen LogP contribution in [0.1, 0.15) is 39.3 Å². The number of amidine groups is 1. The predicted molar refractivity (Wildman–Crippen MR) is 71.7 cm³/mol. The van der Waals surface area contributed by atoms with Crippen LogP contribution in [0.5, 0.6) is 0 Å². The van der Waals surface area contributed by atoms with E-state index in [1.165, 1.54) is 0 Å². The number of hydrogen-bond donors (Lipinski definition) is 0. The topological polar surface area (TPSA) is 44.4 Å². The Morgan fingerprint density at radius 3 is 2.67 bits per heavy atom. The van der Waals surface area contributed by atoms with Gasteiger partial charge in [-0.25, -0.2) is 9.97 Å². The van der Waals surface area contributed by atoms with Crippen molar-refractivity contribution < 1.29 is 4.58 Å². The van der Waals surface area contributed by atoms with Crippen LogP contribution in [-0.2, 0) is 0 Å². The van der Waals surface area contributed by atoms with Crippen LogP contribution >= 0.6 is 0 Å². The lowest BCUT2D eigenvalue weighted by atomic mass is 9.80. The Balaban J connectivity index is 2.27. The van der Waals surface area contributed by atoms with Crippen molar-refractivity contribution in [1.29, 1.82) is 0 Å². The Morgan fingerprint density at radius 1 is 1.28 bits per heavy atom. The Morgan fingerprint density at radius 2 is 2.00 bits per heavy atom. The van der Waals surface area contributed by atoms with E-state index in [1.54, 1.807) is 6.33 Å². The minimum atomic E-state index is 0.137. The molecule has 0 spiro atoms. The molecule has 0 amide bonds.